The number of aryl methyl sites for hydroxylation is 1. The number of hydrogen-bond donors (Lipinski definition) is 1. The summed E-state index contributed by atoms with van der Waals surface area (Å²) in [5, 5.41) is 2.38. The highest BCUT2D eigenvalue weighted by atomic mass is 19.4. The SMILES string of the molecule is Cc1cc(C(F)(F)F)nc(CCNC(=O)c2ccc(F)c(F)c2)n1. The van der Waals surface area contributed by atoms with Crippen LogP contribution in [-0.2, 0) is 12.6 Å². The molecule has 9 heteroatoms. The van der Waals surface area contributed by atoms with E-state index in [-0.39, 0.29) is 30.0 Å². The van der Waals surface area contributed by atoms with Gasteiger partial charge in [-0.3, -0.25) is 4.79 Å². The van der Waals surface area contributed by atoms with Gasteiger partial charge in [0, 0.05) is 24.2 Å². The Morgan fingerprint density at radius 1 is 1.12 bits per heavy atom. The molecule has 1 amide bonds. The third kappa shape index (κ3) is 4.46. The molecule has 1 aromatic heterocycles. The third-order valence-electron chi connectivity index (χ3n) is 3.01. The average molecular weight is 345 g/mol. The molecule has 0 saturated heterocycles. The van der Waals surface area contributed by atoms with Crippen molar-refractivity contribution in [3.05, 3.63) is 58.7 Å². The van der Waals surface area contributed by atoms with E-state index < -0.39 is 29.4 Å². The zero-order valence-electron chi connectivity index (χ0n) is 12.4. The zero-order chi connectivity index (χ0) is 17.9. The fraction of sp³-hybridized carbons (Fsp3) is 0.267. The summed E-state index contributed by atoms with van der Waals surface area (Å²) in [5.41, 5.74) is -1.01. The molecule has 0 aliphatic heterocycles. The lowest BCUT2D eigenvalue weighted by Gasteiger charge is -2.09. The van der Waals surface area contributed by atoms with Gasteiger partial charge in [-0.1, -0.05) is 0 Å². The number of rotatable bonds is 4. The summed E-state index contributed by atoms with van der Waals surface area (Å²) in [4.78, 5) is 19.0. The van der Waals surface area contributed by atoms with E-state index in [0.717, 1.165) is 24.3 Å². The minimum atomic E-state index is -4.59. The molecule has 1 aromatic carbocycles. The van der Waals surface area contributed by atoms with Crippen LogP contribution >= 0.6 is 0 Å². The first-order chi connectivity index (χ1) is 11.2. The van der Waals surface area contributed by atoms with Crippen molar-refractivity contribution in [1.82, 2.24) is 15.3 Å². The number of hydrogen-bond acceptors (Lipinski definition) is 3. The molecule has 1 N–H and O–H groups in total. The maximum atomic E-state index is 13.0. The molecular weight excluding hydrogens is 333 g/mol. The summed E-state index contributed by atoms with van der Waals surface area (Å²) in [6.45, 7) is 1.35. The monoisotopic (exact) mass is 345 g/mol. The molecule has 0 atom stereocenters. The topological polar surface area (TPSA) is 54.9 Å². The molecule has 0 bridgehead atoms. The van der Waals surface area contributed by atoms with Gasteiger partial charge in [-0.25, -0.2) is 18.7 Å². The van der Waals surface area contributed by atoms with Crippen molar-refractivity contribution in [3.63, 3.8) is 0 Å². The molecule has 0 aliphatic rings. The summed E-state index contributed by atoms with van der Waals surface area (Å²) >= 11 is 0. The number of carbonyl (C=O) groups excluding carboxylic acids is 1. The highest BCUT2D eigenvalue weighted by molar-refractivity contribution is 5.94. The number of nitrogens with one attached hydrogen (secondary N) is 1. The minimum absolute atomic E-state index is 0.0415. The van der Waals surface area contributed by atoms with E-state index in [9.17, 15) is 26.7 Å². The first kappa shape index (κ1) is 17.8. The number of aromatic nitrogens is 2. The second-order valence-electron chi connectivity index (χ2n) is 4.94. The molecule has 0 fully saturated rings. The molecule has 2 aromatic rings. The molecular formula is C15H12F5N3O. The molecule has 0 radical (unpaired) electrons. The number of benzene rings is 1. The van der Waals surface area contributed by atoms with E-state index in [1.807, 2.05) is 0 Å². The van der Waals surface area contributed by atoms with Gasteiger partial charge in [-0.15, -0.1) is 0 Å². The summed E-state index contributed by atoms with van der Waals surface area (Å²) < 4.78 is 63.8. The van der Waals surface area contributed by atoms with E-state index >= 15 is 0 Å². The van der Waals surface area contributed by atoms with Crippen molar-refractivity contribution in [2.24, 2.45) is 0 Å². The van der Waals surface area contributed by atoms with Gasteiger partial charge in [-0.05, 0) is 31.2 Å². The summed E-state index contributed by atoms with van der Waals surface area (Å²) in [6, 6.07) is 3.46. The van der Waals surface area contributed by atoms with Gasteiger partial charge in [0.2, 0.25) is 0 Å². The third-order valence-corrected chi connectivity index (χ3v) is 3.01. The van der Waals surface area contributed by atoms with E-state index in [1.54, 1.807) is 0 Å². The maximum absolute atomic E-state index is 13.0. The molecule has 1 heterocycles. The van der Waals surface area contributed by atoms with Crippen molar-refractivity contribution in [1.29, 1.82) is 0 Å². The fourth-order valence-corrected chi connectivity index (χ4v) is 1.91. The zero-order valence-corrected chi connectivity index (χ0v) is 12.4. The number of amides is 1. The molecule has 2 rings (SSSR count). The average Bonchev–Trinajstić information content (AvgIpc) is 2.48. The smallest absolute Gasteiger partial charge is 0.352 e. The van der Waals surface area contributed by atoms with Crippen LogP contribution in [-0.4, -0.2) is 22.4 Å². The molecule has 128 valence electrons. The Hall–Kier alpha value is -2.58. The molecule has 0 saturated carbocycles. The highest BCUT2D eigenvalue weighted by Gasteiger charge is 2.33. The van der Waals surface area contributed by atoms with Crippen molar-refractivity contribution in [3.8, 4) is 0 Å². The number of alkyl halides is 3. The first-order valence-corrected chi connectivity index (χ1v) is 6.82. The standard InChI is InChI=1S/C15H12F5N3O/c1-8-6-12(15(18,19)20)23-13(22-8)4-5-21-14(24)9-2-3-10(16)11(17)7-9/h2-3,6-7H,4-5H2,1H3,(H,21,24). The van der Waals surface area contributed by atoms with E-state index in [0.29, 0.717) is 0 Å². The van der Waals surface area contributed by atoms with Crippen molar-refractivity contribution >= 4 is 5.91 Å². The van der Waals surface area contributed by atoms with Crippen molar-refractivity contribution in [2.45, 2.75) is 19.5 Å². The van der Waals surface area contributed by atoms with E-state index in [4.69, 9.17) is 0 Å². The Labute approximate surface area is 133 Å². The molecule has 4 nitrogen and oxygen atoms in total. The lowest BCUT2D eigenvalue weighted by atomic mass is 10.2. The van der Waals surface area contributed by atoms with E-state index in [2.05, 4.69) is 15.3 Å². The minimum Gasteiger partial charge on any atom is -0.352 e. The number of halogens is 5. The van der Waals surface area contributed by atoms with Gasteiger partial charge in [-0.2, -0.15) is 13.2 Å². The maximum Gasteiger partial charge on any atom is 0.433 e. The Morgan fingerprint density at radius 3 is 2.46 bits per heavy atom. The lowest BCUT2D eigenvalue weighted by Crippen LogP contribution is -2.26. The van der Waals surface area contributed by atoms with Crippen molar-refractivity contribution < 1.29 is 26.7 Å². The molecule has 0 spiro atoms. The van der Waals surface area contributed by atoms with Crippen LogP contribution in [0.3, 0.4) is 0 Å². The van der Waals surface area contributed by atoms with Gasteiger partial charge < -0.3 is 5.32 Å². The fourth-order valence-electron chi connectivity index (χ4n) is 1.91. The Kier molecular flexibility index (Phi) is 5.10. The second-order valence-corrected chi connectivity index (χ2v) is 4.94. The lowest BCUT2D eigenvalue weighted by molar-refractivity contribution is -0.141. The van der Waals surface area contributed by atoms with Crippen LogP contribution in [0, 0.1) is 18.6 Å². The van der Waals surface area contributed by atoms with Crippen LogP contribution in [0.1, 0.15) is 27.6 Å². The predicted octanol–water partition coefficient (Wildman–Crippen LogP) is 3.05. The van der Waals surface area contributed by atoms with E-state index in [1.165, 1.54) is 6.92 Å². The van der Waals surface area contributed by atoms with Gasteiger partial charge in [0.15, 0.2) is 11.6 Å². The van der Waals surface area contributed by atoms with Gasteiger partial charge in [0.1, 0.15) is 11.5 Å². The van der Waals surface area contributed by atoms with Crippen LogP contribution in [0.5, 0.6) is 0 Å². The van der Waals surface area contributed by atoms with Crippen LogP contribution in [0.25, 0.3) is 0 Å². The number of carbonyl (C=O) groups is 1. The number of nitrogens with zero attached hydrogens (tertiary/aromatic N) is 2. The molecule has 0 aliphatic carbocycles. The Balaban J connectivity index is 2.00. The summed E-state index contributed by atoms with van der Waals surface area (Å²) in [6.07, 6.45) is -4.63. The molecule has 0 unspecified atom stereocenters. The Morgan fingerprint density at radius 2 is 1.83 bits per heavy atom. The van der Waals surface area contributed by atoms with Crippen LogP contribution in [0.2, 0.25) is 0 Å². The predicted molar refractivity (Wildman–Crippen MR) is 74.2 cm³/mol. The highest BCUT2D eigenvalue weighted by Crippen LogP contribution is 2.27. The van der Waals surface area contributed by atoms with Crippen LogP contribution in [0.4, 0.5) is 22.0 Å². The van der Waals surface area contributed by atoms with Crippen LogP contribution < -0.4 is 5.32 Å². The first-order valence-electron chi connectivity index (χ1n) is 6.82. The van der Waals surface area contributed by atoms with Gasteiger partial charge in [0.05, 0.1) is 0 Å². The summed E-state index contributed by atoms with van der Waals surface area (Å²) in [7, 11) is 0. The normalized spacial score (nSPS) is 11.4. The molecule has 24 heavy (non-hydrogen) atoms. The largest absolute Gasteiger partial charge is 0.433 e. The Bertz CT molecular complexity index is 761. The van der Waals surface area contributed by atoms with Gasteiger partial charge in [0.25, 0.3) is 5.91 Å². The quantitative estimate of drug-likeness (QED) is 0.867. The van der Waals surface area contributed by atoms with Crippen molar-refractivity contribution in [2.75, 3.05) is 6.54 Å². The van der Waals surface area contributed by atoms with Gasteiger partial charge >= 0.3 is 6.18 Å². The second kappa shape index (κ2) is 6.90. The summed E-state index contributed by atoms with van der Waals surface area (Å²) in [5.74, 6) is -3.01. The van der Waals surface area contributed by atoms with Crippen LogP contribution in [0.15, 0.2) is 24.3 Å².